The lowest BCUT2D eigenvalue weighted by Crippen LogP contribution is -2.17. The number of rotatable bonds is 4. The van der Waals surface area contributed by atoms with Crippen LogP contribution < -0.4 is 0 Å². The molecule has 0 N–H and O–H groups in total. The average molecular weight is 301 g/mol. The molecule has 0 unspecified atom stereocenters. The van der Waals surface area contributed by atoms with Gasteiger partial charge < -0.3 is 0 Å². The van der Waals surface area contributed by atoms with E-state index in [1.165, 1.54) is 11.0 Å². The molecule has 1 aromatic carbocycles. The maximum absolute atomic E-state index is 13.2. The van der Waals surface area contributed by atoms with Gasteiger partial charge in [0.15, 0.2) is 5.78 Å². The molecule has 0 saturated carbocycles. The lowest BCUT2D eigenvalue weighted by molar-refractivity contribution is -0.137. The molecule has 112 valence electrons. The van der Waals surface area contributed by atoms with Crippen LogP contribution in [0.2, 0.25) is 0 Å². The highest BCUT2D eigenvalue weighted by atomic mass is 19.4. The molecule has 21 heavy (non-hydrogen) atoms. The zero-order chi connectivity index (χ0) is 15.6. The summed E-state index contributed by atoms with van der Waals surface area (Å²) in [7, 11) is 0. The topological polar surface area (TPSA) is 47.8 Å². The molecule has 2 rings (SSSR count). The van der Waals surface area contributed by atoms with Gasteiger partial charge in [0.2, 0.25) is 0 Å². The Labute approximate surface area is 117 Å². The maximum atomic E-state index is 13.2. The van der Waals surface area contributed by atoms with Gasteiger partial charge in [-0.15, -0.1) is 0 Å². The summed E-state index contributed by atoms with van der Waals surface area (Å²) in [6, 6.07) is 1.83. The monoisotopic (exact) mass is 301 g/mol. The summed E-state index contributed by atoms with van der Waals surface area (Å²) < 4.78 is 53.1. The first-order valence-electron chi connectivity index (χ1n) is 6.09. The van der Waals surface area contributed by atoms with Crippen LogP contribution in [0.1, 0.15) is 28.7 Å². The Kier molecular flexibility index (Phi) is 4.06. The molecule has 0 radical (unpaired) electrons. The molecular formula is C13H11F4N3O. The Morgan fingerprint density at radius 2 is 2.05 bits per heavy atom. The molecule has 0 amide bonds. The number of carbonyl (C=O) groups excluding carboxylic acids is 1. The molecule has 0 fully saturated rings. The van der Waals surface area contributed by atoms with Gasteiger partial charge in [-0.2, -0.15) is 18.3 Å². The summed E-state index contributed by atoms with van der Waals surface area (Å²) in [6.45, 7) is 2.18. The zero-order valence-corrected chi connectivity index (χ0v) is 11.0. The molecule has 0 saturated heterocycles. The van der Waals surface area contributed by atoms with Crippen LogP contribution in [0.25, 0.3) is 0 Å². The van der Waals surface area contributed by atoms with E-state index in [1.54, 1.807) is 6.92 Å². The molecule has 0 bridgehead atoms. The number of Topliss-reactive ketones (excluding diaryl/α,β-unsaturated/α-hetero) is 1. The summed E-state index contributed by atoms with van der Waals surface area (Å²) in [6.07, 6.45) is -3.89. The van der Waals surface area contributed by atoms with Crippen molar-refractivity contribution in [2.24, 2.45) is 0 Å². The first kappa shape index (κ1) is 15.1. The maximum Gasteiger partial charge on any atom is 0.417 e. The molecule has 1 aromatic heterocycles. The van der Waals surface area contributed by atoms with Crippen LogP contribution in [0.4, 0.5) is 17.6 Å². The van der Waals surface area contributed by atoms with Gasteiger partial charge >= 0.3 is 6.18 Å². The number of aryl methyl sites for hydroxylation is 1. The number of nitrogens with zero attached hydrogens (tertiary/aromatic N) is 3. The fourth-order valence-electron chi connectivity index (χ4n) is 1.92. The number of aromatic nitrogens is 3. The highest BCUT2D eigenvalue weighted by Gasteiger charge is 2.35. The van der Waals surface area contributed by atoms with Crippen molar-refractivity contribution in [1.29, 1.82) is 0 Å². The van der Waals surface area contributed by atoms with E-state index >= 15 is 0 Å². The van der Waals surface area contributed by atoms with Gasteiger partial charge in [0.05, 0.1) is 12.0 Å². The number of benzene rings is 1. The van der Waals surface area contributed by atoms with Crippen molar-refractivity contribution in [1.82, 2.24) is 14.8 Å². The Morgan fingerprint density at radius 3 is 2.67 bits per heavy atom. The molecule has 0 aliphatic carbocycles. The van der Waals surface area contributed by atoms with E-state index in [2.05, 4.69) is 10.1 Å². The summed E-state index contributed by atoms with van der Waals surface area (Å²) >= 11 is 0. The van der Waals surface area contributed by atoms with E-state index < -0.39 is 28.9 Å². The standard InChI is InChI=1S/C13H11F4N3O/c1-2-20-12(18-7-19-20)6-11(21)9-5-8(14)3-4-10(9)13(15,16)17/h3-5,7H,2,6H2,1H3. The number of alkyl halides is 3. The third kappa shape index (κ3) is 3.26. The Bertz CT molecular complexity index is 664. The molecule has 8 heteroatoms. The molecule has 0 atom stereocenters. The third-order valence-electron chi connectivity index (χ3n) is 2.90. The van der Waals surface area contributed by atoms with Gasteiger partial charge in [0.25, 0.3) is 0 Å². The number of hydrogen-bond donors (Lipinski definition) is 0. The van der Waals surface area contributed by atoms with E-state index in [1.807, 2.05) is 0 Å². The van der Waals surface area contributed by atoms with E-state index in [9.17, 15) is 22.4 Å². The number of carbonyl (C=O) groups is 1. The van der Waals surface area contributed by atoms with Gasteiger partial charge in [0.1, 0.15) is 18.0 Å². The van der Waals surface area contributed by atoms with Crippen molar-refractivity contribution in [3.05, 3.63) is 47.3 Å². The number of ketones is 1. The minimum Gasteiger partial charge on any atom is -0.294 e. The largest absolute Gasteiger partial charge is 0.417 e. The summed E-state index contributed by atoms with van der Waals surface area (Å²) in [5.74, 6) is -1.52. The molecule has 1 heterocycles. The molecule has 0 aliphatic heterocycles. The molecule has 0 aliphatic rings. The van der Waals surface area contributed by atoms with Crippen molar-refractivity contribution in [3.63, 3.8) is 0 Å². The van der Waals surface area contributed by atoms with Crippen LogP contribution in [0.5, 0.6) is 0 Å². The summed E-state index contributed by atoms with van der Waals surface area (Å²) in [5.41, 5.74) is -1.86. The van der Waals surface area contributed by atoms with Gasteiger partial charge in [-0.25, -0.2) is 14.1 Å². The first-order valence-corrected chi connectivity index (χ1v) is 6.09. The highest BCUT2D eigenvalue weighted by molar-refractivity contribution is 5.98. The molecule has 4 nitrogen and oxygen atoms in total. The van der Waals surface area contributed by atoms with E-state index in [0.29, 0.717) is 24.7 Å². The molecule has 0 spiro atoms. The minimum absolute atomic E-state index is 0.236. The summed E-state index contributed by atoms with van der Waals surface area (Å²) in [5, 5.41) is 3.83. The predicted octanol–water partition coefficient (Wildman–Crippen LogP) is 2.88. The van der Waals surface area contributed by atoms with Gasteiger partial charge in [-0.1, -0.05) is 0 Å². The van der Waals surface area contributed by atoms with Gasteiger partial charge in [-0.05, 0) is 25.1 Å². The molecule has 2 aromatic rings. The van der Waals surface area contributed by atoms with Crippen LogP contribution in [0.15, 0.2) is 24.5 Å². The quantitative estimate of drug-likeness (QED) is 0.644. The SMILES string of the molecule is CCn1ncnc1CC(=O)c1cc(F)ccc1C(F)(F)F. The third-order valence-corrected chi connectivity index (χ3v) is 2.90. The van der Waals surface area contributed by atoms with Crippen LogP contribution in [0, 0.1) is 5.82 Å². The Hall–Kier alpha value is -2.25. The highest BCUT2D eigenvalue weighted by Crippen LogP contribution is 2.32. The fraction of sp³-hybridized carbons (Fsp3) is 0.308. The van der Waals surface area contributed by atoms with Gasteiger partial charge in [-0.3, -0.25) is 4.79 Å². The normalized spacial score (nSPS) is 11.7. The van der Waals surface area contributed by atoms with Crippen molar-refractivity contribution in [3.8, 4) is 0 Å². The van der Waals surface area contributed by atoms with E-state index in [4.69, 9.17) is 0 Å². The first-order chi connectivity index (χ1) is 9.82. The minimum atomic E-state index is -4.73. The van der Waals surface area contributed by atoms with Crippen molar-refractivity contribution < 1.29 is 22.4 Å². The van der Waals surface area contributed by atoms with E-state index in [0.717, 1.165) is 0 Å². The second-order valence-electron chi connectivity index (χ2n) is 4.28. The van der Waals surface area contributed by atoms with Crippen LogP contribution in [0.3, 0.4) is 0 Å². The fourth-order valence-corrected chi connectivity index (χ4v) is 1.92. The van der Waals surface area contributed by atoms with E-state index in [-0.39, 0.29) is 12.2 Å². The second kappa shape index (κ2) is 5.63. The number of hydrogen-bond acceptors (Lipinski definition) is 3. The Morgan fingerprint density at radius 1 is 1.33 bits per heavy atom. The lowest BCUT2D eigenvalue weighted by Gasteiger charge is -2.12. The van der Waals surface area contributed by atoms with Crippen LogP contribution in [-0.4, -0.2) is 20.5 Å². The van der Waals surface area contributed by atoms with Crippen LogP contribution in [-0.2, 0) is 19.1 Å². The Balaban J connectivity index is 2.37. The average Bonchev–Trinajstić information content (AvgIpc) is 2.84. The molecular weight excluding hydrogens is 290 g/mol. The second-order valence-corrected chi connectivity index (χ2v) is 4.28. The zero-order valence-electron chi connectivity index (χ0n) is 11.0. The van der Waals surface area contributed by atoms with Crippen molar-refractivity contribution in [2.75, 3.05) is 0 Å². The summed E-state index contributed by atoms with van der Waals surface area (Å²) in [4.78, 5) is 15.9. The van der Waals surface area contributed by atoms with Crippen molar-refractivity contribution >= 4 is 5.78 Å². The number of halogens is 4. The predicted molar refractivity (Wildman–Crippen MR) is 65.1 cm³/mol. The smallest absolute Gasteiger partial charge is 0.294 e. The van der Waals surface area contributed by atoms with Gasteiger partial charge in [0, 0.05) is 12.1 Å². The van der Waals surface area contributed by atoms with Crippen LogP contribution >= 0.6 is 0 Å². The van der Waals surface area contributed by atoms with Crippen molar-refractivity contribution in [2.45, 2.75) is 26.1 Å². The lowest BCUT2D eigenvalue weighted by atomic mass is 10.0.